The van der Waals surface area contributed by atoms with Gasteiger partial charge >= 0.3 is 6.09 Å². The Balaban J connectivity index is 2.46. The molecule has 2 amide bonds. The largest absolute Gasteiger partial charge is 0.410 e. The number of pyridine rings is 1. The molecule has 1 aromatic carbocycles. The molecule has 7 nitrogen and oxygen atoms in total. The number of hydrogen-bond donors (Lipinski definition) is 3. The van der Waals surface area contributed by atoms with Crippen LogP contribution < -0.4 is 16.0 Å². The summed E-state index contributed by atoms with van der Waals surface area (Å²) in [5.41, 5.74) is 7.20. The minimum absolute atomic E-state index is 0.182. The molecule has 1 heterocycles. The Labute approximate surface area is 101 Å². The van der Waals surface area contributed by atoms with Crippen LogP contribution in [0.1, 0.15) is 10.4 Å². The summed E-state index contributed by atoms with van der Waals surface area (Å²) in [5.74, 6) is -0.427. The first-order valence-electron chi connectivity index (χ1n) is 4.91. The number of nitrogens with one attached hydrogen (secondary N) is 1. The third-order valence-corrected chi connectivity index (χ3v) is 2.23. The molecule has 0 radical (unpaired) electrons. The molecule has 0 saturated carbocycles. The van der Waals surface area contributed by atoms with Crippen LogP contribution in [0.4, 0.5) is 4.79 Å². The maximum absolute atomic E-state index is 11.2. The lowest BCUT2D eigenvalue weighted by molar-refractivity contribution is 0.0706. The number of hydroxylamine groups is 1. The lowest BCUT2D eigenvalue weighted by Crippen LogP contribution is -2.18. The molecule has 0 aliphatic rings. The van der Waals surface area contributed by atoms with E-state index in [1.807, 2.05) is 0 Å². The fourth-order valence-electron chi connectivity index (χ4n) is 1.48. The first-order valence-corrected chi connectivity index (χ1v) is 4.91. The van der Waals surface area contributed by atoms with Gasteiger partial charge in [0.05, 0.1) is 11.1 Å². The van der Waals surface area contributed by atoms with Crippen molar-refractivity contribution in [2.24, 2.45) is 5.73 Å². The summed E-state index contributed by atoms with van der Waals surface area (Å²) in [7, 11) is 0. The van der Waals surface area contributed by atoms with Gasteiger partial charge in [-0.2, -0.15) is 0 Å². The third-order valence-electron chi connectivity index (χ3n) is 2.23. The maximum Gasteiger partial charge on any atom is 0.409 e. The van der Waals surface area contributed by atoms with Gasteiger partial charge < -0.3 is 10.5 Å². The molecule has 7 heteroatoms. The van der Waals surface area contributed by atoms with Gasteiger partial charge in [-0.05, 0) is 24.3 Å². The predicted octanol–water partition coefficient (Wildman–Crippen LogP) is 0.811. The first kappa shape index (κ1) is 11.8. The zero-order valence-electron chi connectivity index (χ0n) is 9.08. The number of nitrogens with two attached hydrogens (primary N) is 1. The molecule has 0 aliphatic heterocycles. The molecule has 0 spiro atoms. The van der Waals surface area contributed by atoms with Gasteiger partial charge in [-0.1, -0.05) is 0 Å². The highest BCUT2D eigenvalue weighted by Gasteiger charge is 2.07. The highest BCUT2D eigenvalue weighted by Crippen LogP contribution is 2.20. The van der Waals surface area contributed by atoms with Crippen molar-refractivity contribution in [3.8, 4) is 5.75 Å². The zero-order chi connectivity index (χ0) is 13.1. The molecule has 0 aliphatic carbocycles. The summed E-state index contributed by atoms with van der Waals surface area (Å²) < 4.78 is 4.71. The molecule has 0 fully saturated rings. The summed E-state index contributed by atoms with van der Waals surface area (Å²) in [6.45, 7) is 0. The van der Waals surface area contributed by atoms with Gasteiger partial charge in [0, 0.05) is 11.6 Å². The third kappa shape index (κ3) is 2.36. The van der Waals surface area contributed by atoms with Crippen molar-refractivity contribution in [1.29, 1.82) is 0 Å². The molecule has 1 aromatic heterocycles. The van der Waals surface area contributed by atoms with E-state index in [-0.39, 0.29) is 11.3 Å². The number of primary amides is 1. The molecule has 0 unspecified atom stereocenters. The number of carbonyl (C=O) groups excluding carboxylic acids is 2. The number of rotatable bonds is 2. The van der Waals surface area contributed by atoms with Gasteiger partial charge in [0.2, 0.25) is 0 Å². The van der Waals surface area contributed by atoms with Crippen LogP contribution in [-0.4, -0.2) is 22.2 Å². The van der Waals surface area contributed by atoms with Crippen LogP contribution in [0, 0.1) is 0 Å². The van der Waals surface area contributed by atoms with E-state index in [1.165, 1.54) is 29.9 Å². The molecule has 92 valence electrons. The Bertz CT molecular complexity index is 627. The predicted molar refractivity (Wildman–Crippen MR) is 61.2 cm³/mol. The second-order valence-corrected chi connectivity index (χ2v) is 3.44. The van der Waals surface area contributed by atoms with Crippen molar-refractivity contribution in [3.63, 3.8) is 0 Å². The Hall–Kier alpha value is -2.67. The van der Waals surface area contributed by atoms with Gasteiger partial charge in [0.15, 0.2) is 0 Å². The maximum atomic E-state index is 11.2. The highest BCUT2D eigenvalue weighted by molar-refractivity contribution is 5.96. The van der Waals surface area contributed by atoms with Crippen LogP contribution in [-0.2, 0) is 0 Å². The summed E-state index contributed by atoms with van der Waals surface area (Å²) in [6.07, 6.45) is 0.397. The van der Waals surface area contributed by atoms with Gasteiger partial charge in [-0.25, -0.2) is 10.3 Å². The van der Waals surface area contributed by atoms with Crippen LogP contribution in [0.3, 0.4) is 0 Å². The molecule has 4 N–H and O–H groups in total. The lowest BCUT2D eigenvalue weighted by Gasteiger charge is -2.04. The minimum atomic E-state index is -0.924. The zero-order valence-corrected chi connectivity index (χ0v) is 9.08. The van der Waals surface area contributed by atoms with Crippen molar-refractivity contribution in [1.82, 2.24) is 10.5 Å². The van der Waals surface area contributed by atoms with E-state index in [0.29, 0.717) is 10.9 Å². The number of fused-ring (bicyclic) bond motifs is 1. The standard InChI is InChI=1S/C11H9N3O4/c12-11(16)18-8-1-2-9-6(4-8)3-7(5-13-9)10(15)14-17/h1-5,17H,(H2,12,16)(H,14,15). The Morgan fingerprint density at radius 2 is 2.11 bits per heavy atom. The smallest absolute Gasteiger partial charge is 0.409 e. The molecule has 2 rings (SSSR count). The summed E-state index contributed by atoms with van der Waals surface area (Å²) >= 11 is 0. The molecular formula is C11H9N3O4. The monoisotopic (exact) mass is 247 g/mol. The van der Waals surface area contributed by atoms with Crippen molar-refractivity contribution >= 4 is 22.9 Å². The van der Waals surface area contributed by atoms with Gasteiger partial charge in [-0.15, -0.1) is 0 Å². The van der Waals surface area contributed by atoms with E-state index in [2.05, 4.69) is 4.98 Å². The van der Waals surface area contributed by atoms with E-state index < -0.39 is 12.0 Å². The SMILES string of the molecule is NC(=O)Oc1ccc2ncc(C(=O)NO)cc2c1. The van der Waals surface area contributed by atoms with Gasteiger partial charge in [0.1, 0.15) is 5.75 Å². The van der Waals surface area contributed by atoms with Crippen molar-refractivity contribution in [2.45, 2.75) is 0 Å². The quantitative estimate of drug-likeness (QED) is 0.536. The normalized spacial score (nSPS) is 10.1. The van der Waals surface area contributed by atoms with E-state index in [1.54, 1.807) is 6.07 Å². The Morgan fingerprint density at radius 1 is 1.33 bits per heavy atom. The number of ether oxygens (including phenoxy) is 1. The van der Waals surface area contributed by atoms with E-state index in [0.717, 1.165) is 0 Å². The summed E-state index contributed by atoms with van der Waals surface area (Å²) in [6, 6.07) is 6.17. The molecule has 2 aromatic rings. The fraction of sp³-hybridized carbons (Fsp3) is 0. The molecule has 18 heavy (non-hydrogen) atoms. The summed E-state index contributed by atoms with van der Waals surface area (Å²) in [5, 5.41) is 9.10. The molecule has 0 atom stereocenters. The van der Waals surface area contributed by atoms with Crippen LogP contribution in [0.25, 0.3) is 10.9 Å². The average molecular weight is 247 g/mol. The summed E-state index contributed by atoms with van der Waals surface area (Å²) in [4.78, 5) is 25.9. The number of hydrogen-bond acceptors (Lipinski definition) is 5. The van der Waals surface area contributed by atoms with Gasteiger partial charge in [-0.3, -0.25) is 15.0 Å². The van der Waals surface area contributed by atoms with E-state index in [4.69, 9.17) is 15.7 Å². The molecule has 0 bridgehead atoms. The second-order valence-electron chi connectivity index (χ2n) is 3.44. The van der Waals surface area contributed by atoms with Gasteiger partial charge in [0.25, 0.3) is 5.91 Å². The number of amides is 2. The number of nitrogens with zero attached hydrogens (tertiary/aromatic N) is 1. The van der Waals surface area contributed by atoms with E-state index in [9.17, 15) is 9.59 Å². The highest BCUT2D eigenvalue weighted by atomic mass is 16.5. The van der Waals surface area contributed by atoms with E-state index >= 15 is 0 Å². The lowest BCUT2D eigenvalue weighted by atomic mass is 10.1. The molecule has 0 saturated heterocycles. The second kappa shape index (κ2) is 4.68. The number of aromatic nitrogens is 1. The first-order chi connectivity index (χ1) is 8.60. The van der Waals surface area contributed by atoms with Crippen molar-refractivity contribution in [3.05, 3.63) is 36.0 Å². The Morgan fingerprint density at radius 3 is 2.78 bits per heavy atom. The Kier molecular flexibility index (Phi) is 3.07. The average Bonchev–Trinajstić information content (AvgIpc) is 2.36. The van der Waals surface area contributed by atoms with Crippen molar-refractivity contribution < 1.29 is 19.5 Å². The number of carbonyl (C=O) groups is 2. The number of benzene rings is 1. The van der Waals surface area contributed by atoms with Crippen LogP contribution in [0.5, 0.6) is 5.75 Å². The minimum Gasteiger partial charge on any atom is -0.410 e. The fourth-order valence-corrected chi connectivity index (χ4v) is 1.48. The van der Waals surface area contributed by atoms with Crippen LogP contribution in [0.2, 0.25) is 0 Å². The van der Waals surface area contributed by atoms with Crippen molar-refractivity contribution in [2.75, 3.05) is 0 Å². The van der Waals surface area contributed by atoms with Crippen LogP contribution in [0.15, 0.2) is 30.5 Å². The molecular weight excluding hydrogens is 238 g/mol. The topological polar surface area (TPSA) is 115 Å². The van der Waals surface area contributed by atoms with Crippen LogP contribution >= 0.6 is 0 Å².